The van der Waals surface area contributed by atoms with Gasteiger partial charge in [0.15, 0.2) is 0 Å². The van der Waals surface area contributed by atoms with Crippen molar-refractivity contribution in [2.24, 2.45) is 0 Å². The Kier molecular flexibility index (Phi) is 1.24. The van der Waals surface area contributed by atoms with E-state index in [0.29, 0.717) is 0 Å². The van der Waals surface area contributed by atoms with Gasteiger partial charge in [-0.05, 0) is 25.8 Å². The van der Waals surface area contributed by atoms with E-state index in [-0.39, 0.29) is 5.72 Å². The van der Waals surface area contributed by atoms with Crippen molar-refractivity contribution in [3.63, 3.8) is 0 Å². The van der Waals surface area contributed by atoms with Crippen LogP contribution in [0.15, 0.2) is 0 Å². The van der Waals surface area contributed by atoms with Crippen molar-refractivity contribution in [1.82, 2.24) is 5.32 Å². The van der Waals surface area contributed by atoms with E-state index in [0.717, 1.165) is 13.2 Å². The fraction of sp³-hybridized carbons (Fsp3) is 1.00. The van der Waals surface area contributed by atoms with E-state index in [2.05, 4.69) is 5.32 Å². The maximum Gasteiger partial charge on any atom is 0.121 e. The Hall–Kier alpha value is -0.0800. The molecule has 2 heterocycles. The molecular formula is C7H13NO. The summed E-state index contributed by atoms with van der Waals surface area (Å²) >= 11 is 0. The molecule has 0 aliphatic carbocycles. The smallest absolute Gasteiger partial charge is 0.121 e. The second-order valence-electron chi connectivity index (χ2n) is 2.98. The summed E-state index contributed by atoms with van der Waals surface area (Å²) in [6, 6.07) is 0. The molecule has 0 bridgehead atoms. The van der Waals surface area contributed by atoms with E-state index >= 15 is 0 Å². The fourth-order valence-corrected chi connectivity index (χ4v) is 1.63. The second-order valence-corrected chi connectivity index (χ2v) is 2.98. The average Bonchev–Trinajstić information content (AvgIpc) is 1.87. The van der Waals surface area contributed by atoms with Gasteiger partial charge < -0.3 is 4.74 Å². The minimum atomic E-state index is 0.151. The van der Waals surface area contributed by atoms with Crippen molar-refractivity contribution >= 4 is 0 Å². The molecule has 2 aliphatic rings. The lowest BCUT2D eigenvalue weighted by Crippen LogP contribution is -2.57. The molecule has 2 rings (SSSR count). The number of nitrogens with one attached hydrogen (secondary N) is 1. The highest BCUT2D eigenvalue weighted by Gasteiger charge is 2.38. The van der Waals surface area contributed by atoms with Gasteiger partial charge in [0.25, 0.3) is 0 Å². The van der Waals surface area contributed by atoms with E-state index in [4.69, 9.17) is 4.74 Å². The number of hydrogen-bond donors (Lipinski definition) is 1. The lowest BCUT2D eigenvalue weighted by atomic mass is 9.94. The van der Waals surface area contributed by atoms with E-state index in [1.807, 2.05) is 0 Å². The van der Waals surface area contributed by atoms with Crippen molar-refractivity contribution in [1.29, 1.82) is 0 Å². The third-order valence-corrected chi connectivity index (χ3v) is 2.34. The molecule has 1 unspecified atom stereocenters. The van der Waals surface area contributed by atoms with Crippen molar-refractivity contribution in [2.45, 2.75) is 31.4 Å². The molecule has 52 valence electrons. The van der Waals surface area contributed by atoms with Gasteiger partial charge in [-0.2, -0.15) is 0 Å². The SMILES string of the molecule is C1CCC2(CCO2)NC1. The molecule has 0 aromatic rings. The third-order valence-electron chi connectivity index (χ3n) is 2.34. The summed E-state index contributed by atoms with van der Waals surface area (Å²) in [4.78, 5) is 0. The van der Waals surface area contributed by atoms with E-state index in [1.54, 1.807) is 0 Å². The monoisotopic (exact) mass is 127 g/mol. The van der Waals surface area contributed by atoms with Crippen LogP contribution in [0.1, 0.15) is 25.7 Å². The molecule has 2 saturated heterocycles. The summed E-state index contributed by atoms with van der Waals surface area (Å²) in [5, 5.41) is 3.41. The average molecular weight is 127 g/mol. The molecule has 2 fully saturated rings. The molecule has 1 N–H and O–H groups in total. The molecule has 0 saturated carbocycles. The number of rotatable bonds is 0. The van der Waals surface area contributed by atoms with Crippen LogP contribution in [0.5, 0.6) is 0 Å². The largest absolute Gasteiger partial charge is 0.360 e. The van der Waals surface area contributed by atoms with E-state index in [9.17, 15) is 0 Å². The molecule has 2 nitrogen and oxygen atoms in total. The number of piperidine rings is 1. The zero-order chi connectivity index (χ0) is 6.16. The van der Waals surface area contributed by atoms with Gasteiger partial charge in [-0.3, -0.25) is 5.32 Å². The molecule has 1 atom stereocenters. The van der Waals surface area contributed by atoms with Crippen molar-refractivity contribution in [2.75, 3.05) is 13.2 Å². The Morgan fingerprint density at radius 1 is 1.22 bits per heavy atom. The lowest BCUT2D eigenvalue weighted by molar-refractivity contribution is -0.180. The summed E-state index contributed by atoms with van der Waals surface area (Å²) in [6.07, 6.45) is 5.12. The summed E-state index contributed by atoms with van der Waals surface area (Å²) in [5.41, 5.74) is 0.151. The quantitative estimate of drug-likeness (QED) is 0.521. The first-order chi connectivity index (χ1) is 4.41. The Balaban J connectivity index is 1.93. The minimum absolute atomic E-state index is 0.151. The van der Waals surface area contributed by atoms with Crippen LogP contribution in [-0.4, -0.2) is 18.9 Å². The van der Waals surface area contributed by atoms with E-state index < -0.39 is 0 Å². The van der Waals surface area contributed by atoms with Crippen LogP contribution in [-0.2, 0) is 4.74 Å². The zero-order valence-corrected chi connectivity index (χ0v) is 5.65. The van der Waals surface area contributed by atoms with Gasteiger partial charge in [-0.15, -0.1) is 0 Å². The van der Waals surface area contributed by atoms with Gasteiger partial charge in [0.05, 0.1) is 6.61 Å². The van der Waals surface area contributed by atoms with Crippen LogP contribution < -0.4 is 5.32 Å². The van der Waals surface area contributed by atoms with Crippen molar-refractivity contribution in [3.05, 3.63) is 0 Å². The number of ether oxygens (including phenoxy) is 1. The molecule has 0 amide bonds. The standard InChI is InChI=1S/C7H13NO/c1-2-5-8-7(3-1)4-6-9-7/h8H,1-6H2. The summed E-state index contributed by atoms with van der Waals surface area (Å²) in [7, 11) is 0. The first kappa shape index (κ1) is 5.69. The predicted molar refractivity (Wildman–Crippen MR) is 35.2 cm³/mol. The topological polar surface area (TPSA) is 21.3 Å². The Labute approximate surface area is 55.6 Å². The molecule has 9 heavy (non-hydrogen) atoms. The summed E-state index contributed by atoms with van der Waals surface area (Å²) in [5.74, 6) is 0. The predicted octanol–water partition coefficient (Wildman–Crippen LogP) is 0.877. The molecule has 0 aromatic carbocycles. The molecule has 2 heteroatoms. The first-order valence-electron chi connectivity index (χ1n) is 3.80. The Morgan fingerprint density at radius 2 is 2.11 bits per heavy atom. The molecule has 2 aliphatic heterocycles. The second kappa shape index (κ2) is 1.96. The van der Waals surface area contributed by atoms with Gasteiger partial charge in [0, 0.05) is 6.42 Å². The van der Waals surface area contributed by atoms with Crippen molar-refractivity contribution < 1.29 is 4.74 Å². The third kappa shape index (κ3) is 0.864. The van der Waals surface area contributed by atoms with Crippen LogP contribution in [0.4, 0.5) is 0 Å². The van der Waals surface area contributed by atoms with Gasteiger partial charge in [-0.25, -0.2) is 0 Å². The van der Waals surface area contributed by atoms with Gasteiger partial charge in [-0.1, -0.05) is 0 Å². The molecule has 1 spiro atoms. The van der Waals surface area contributed by atoms with Crippen LogP contribution >= 0.6 is 0 Å². The maximum absolute atomic E-state index is 5.45. The molecule has 0 radical (unpaired) electrons. The van der Waals surface area contributed by atoms with Crippen LogP contribution in [0.2, 0.25) is 0 Å². The maximum atomic E-state index is 5.45. The lowest BCUT2D eigenvalue weighted by Gasteiger charge is -2.45. The van der Waals surface area contributed by atoms with Crippen LogP contribution in [0.3, 0.4) is 0 Å². The summed E-state index contributed by atoms with van der Waals surface area (Å²) in [6.45, 7) is 2.12. The Morgan fingerprint density at radius 3 is 2.44 bits per heavy atom. The highest BCUT2D eigenvalue weighted by atomic mass is 16.5. The minimum Gasteiger partial charge on any atom is -0.360 e. The molecular weight excluding hydrogens is 114 g/mol. The normalized spacial score (nSPS) is 42.7. The molecule has 0 aromatic heterocycles. The van der Waals surface area contributed by atoms with Gasteiger partial charge >= 0.3 is 0 Å². The fourth-order valence-electron chi connectivity index (χ4n) is 1.63. The van der Waals surface area contributed by atoms with Gasteiger partial charge in [0.1, 0.15) is 5.72 Å². The van der Waals surface area contributed by atoms with Crippen LogP contribution in [0, 0.1) is 0 Å². The summed E-state index contributed by atoms with van der Waals surface area (Å²) < 4.78 is 5.45. The first-order valence-corrected chi connectivity index (χ1v) is 3.80. The van der Waals surface area contributed by atoms with Crippen molar-refractivity contribution in [3.8, 4) is 0 Å². The highest BCUT2D eigenvalue weighted by molar-refractivity contribution is 4.87. The Bertz CT molecular complexity index is 101. The number of hydrogen-bond acceptors (Lipinski definition) is 2. The zero-order valence-electron chi connectivity index (χ0n) is 5.65. The van der Waals surface area contributed by atoms with Gasteiger partial charge in [0.2, 0.25) is 0 Å². The van der Waals surface area contributed by atoms with Crippen LogP contribution in [0.25, 0.3) is 0 Å². The highest BCUT2D eigenvalue weighted by Crippen LogP contribution is 2.31. The van der Waals surface area contributed by atoms with E-state index in [1.165, 1.54) is 25.7 Å².